The van der Waals surface area contributed by atoms with Crippen molar-refractivity contribution in [3.05, 3.63) is 373 Å². The molecule has 0 spiro atoms. The molecule has 107 heavy (non-hydrogen) atoms. The van der Waals surface area contributed by atoms with Crippen LogP contribution in [-0.2, 0) is 5.41 Å². The minimum absolute atomic E-state index is 0.469. The summed E-state index contributed by atoms with van der Waals surface area (Å²) in [6.45, 7) is 4.29. The van der Waals surface area contributed by atoms with Crippen molar-refractivity contribution >= 4 is 65.2 Å². The Kier molecular flexibility index (Phi) is 14.1. The molecule has 0 aliphatic heterocycles. The number of fused-ring (bicyclic) bond motifs is 9. The van der Waals surface area contributed by atoms with Crippen LogP contribution in [0.4, 0.5) is 0 Å². The van der Waals surface area contributed by atoms with Gasteiger partial charge in [-0.3, -0.25) is 9.13 Å². The van der Waals surface area contributed by atoms with Gasteiger partial charge in [-0.25, -0.2) is 9.97 Å². The summed E-state index contributed by atoms with van der Waals surface area (Å²) in [5, 5.41) is 27.2. The van der Waals surface area contributed by atoms with Crippen LogP contribution in [0.1, 0.15) is 33.4 Å². The van der Waals surface area contributed by atoms with Gasteiger partial charge in [-0.2, -0.15) is 0 Å². The second kappa shape index (κ2) is 24.5. The van der Waals surface area contributed by atoms with Crippen LogP contribution in [0.5, 0.6) is 0 Å². The molecule has 0 amide bonds. The van der Waals surface area contributed by atoms with E-state index in [-0.39, 0.29) is 0 Å². The summed E-state index contributed by atoms with van der Waals surface area (Å²) in [5.74, 6) is 3.57. The number of para-hydroxylation sites is 6. The molecule has 4 heterocycles. The third-order valence-corrected chi connectivity index (χ3v) is 21.7. The molecule has 0 fully saturated rings. The maximum atomic E-state index is 6.67. The van der Waals surface area contributed by atoms with Crippen LogP contribution in [0.3, 0.4) is 0 Å². The largest absolute Gasteiger partial charge is 0.416 e. The van der Waals surface area contributed by atoms with Crippen molar-refractivity contribution in [3.8, 4) is 113 Å². The number of hydrogen-bond donors (Lipinski definition) is 0. The molecule has 0 atom stereocenters. The van der Waals surface area contributed by atoms with Crippen molar-refractivity contribution < 1.29 is 8.83 Å². The Hall–Kier alpha value is -14.2. The Labute approximate surface area is 615 Å². The average molecular weight is 1370 g/mol. The third-order valence-electron chi connectivity index (χ3n) is 21.7. The van der Waals surface area contributed by atoms with Crippen LogP contribution in [0.2, 0.25) is 0 Å². The molecule has 1 aliphatic carbocycles. The van der Waals surface area contributed by atoms with E-state index in [4.69, 9.17) is 29.0 Å². The molecule has 4 aromatic heterocycles. The molecule has 0 radical (unpaired) electrons. The first-order valence-electron chi connectivity index (χ1n) is 36.1. The van der Waals surface area contributed by atoms with E-state index >= 15 is 0 Å². The Bertz CT molecular complexity index is 6520. The fourth-order valence-corrected chi connectivity index (χ4v) is 17.0. The van der Waals surface area contributed by atoms with Gasteiger partial charge in [0.25, 0.3) is 0 Å². The lowest BCUT2D eigenvalue weighted by Crippen LogP contribution is -2.28. The fraction of sp³-hybridized carbons (Fsp3) is 0.0309. The van der Waals surface area contributed by atoms with E-state index in [9.17, 15) is 0 Å². The van der Waals surface area contributed by atoms with Gasteiger partial charge in [0, 0.05) is 33.6 Å². The van der Waals surface area contributed by atoms with E-state index in [0.717, 1.165) is 188 Å². The van der Waals surface area contributed by atoms with Crippen molar-refractivity contribution in [1.82, 2.24) is 39.5 Å². The van der Waals surface area contributed by atoms with Crippen molar-refractivity contribution in [2.75, 3.05) is 0 Å². The van der Waals surface area contributed by atoms with E-state index in [0.29, 0.717) is 23.6 Å². The quantitative estimate of drug-likeness (QED) is 0.111. The standard InChI is InChI=1S/C97H62N8O2/c1-59-39-51-77-79(55-59)89(95-102-100-93(106-95)63-23-7-3-8-24-63)75-33-17-15-31-73(75)87(77)61-41-47-67(48-42-61)97(68-49-43-62(44-50-68)88-74-32-16-18-34-76(74)90(80-56-60(2)40-52-78(80)88)96-103-101-94(107-96)64-25-9-4-10-26-64)81-57-65(91-98-83-35-19-21-37-85(83)104(91)69-27-11-5-12-28-69)45-53-71(81)72-54-46-66(58-82(72)97)92-99-84-36-20-22-38-86(84)105(92)70-29-13-6-14-30-70/h3-58H,1-2H3. The summed E-state index contributed by atoms with van der Waals surface area (Å²) in [7, 11) is 0. The number of benzene rings is 16. The Morgan fingerprint density at radius 3 is 1.01 bits per heavy atom. The molecule has 0 saturated carbocycles. The predicted molar refractivity (Wildman–Crippen MR) is 432 cm³/mol. The molecule has 0 bridgehead atoms. The van der Waals surface area contributed by atoms with E-state index in [1.165, 1.54) is 0 Å². The summed E-state index contributed by atoms with van der Waals surface area (Å²) in [6.07, 6.45) is 0. The number of aryl methyl sites for hydroxylation is 2. The number of imidazole rings is 2. The molecular weight excluding hydrogens is 1310 g/mol. The molecule has 502 valence electrons. The highest BCUT2D eigenvalue weighted by atomic mass is 16.4. The maximum Gasteiger partial charge on any atom is 0.249 e. The Morgan fingerprint density at radius 2 is 0.598 bits per heavy atom. The molecule has 21 rings (SSSR count). The highest BCUT2D eigenvalue weighted by Crippen LogP contribution is 2.59. The first kappa shape index (κ1) is 61.4. The van der Waals surface area contributed by atoms with Gasteiger partial charge in [-0.05, 0) is 198 Å². The van der Waals surface area contributed by atoms with E-state index in [2.05, 4.69) is 312 Å². The third kappa shape index (κ3) is 9.73. The molecule has 10 nitrogen and oxygen atoms in total. The molecule has 1 aliphatic rings. The Balaban J connectivity index is 0.825. The summed E-state index contributed by atoms with van der Waals surface area (Å²) in [6, 6.07) is 122. The zero-order valence-electron chi connectivity index (χ0n) is 58.2. The van der Waals surface area contributed by atoms with Crippen LogP contribution in [0.25, 0.3) is 179 Å². The lowest BCUT2D eigenvalue weighted by molar-refractivity contribution is 0.585. The lowest BCUT2D eigenvalue weighted by Gasteiger charge is -2.35. The molecule has 0 N–H and O–H groups in total. The molecule has 0 unspecified atom stereocenters. The van der Waals surface area contributed by atoms with Gasteiger partial charge >= 0.3 is 0 Å². The highest BCUT2D eigenvalue weighted by Gasteiger charge is 2.47. The SMILES string of the molecule is Cc1ccc2c(-c3ccc(C4(c5ccc(-c6c7ccccc7c(-c7nnc(-c8ccccc8)o7)c7cc(C)ccc67)cc5)c5cc(-c6nc7ccccc7n6-c6ccccc6)ccc5-c5ccc(-c6nc7ccccc7n6-c6ccccc6)cc54)cc3)c3ccccc3c(-c3nnc(-c4ccccc4)o3)c2c1. The van der Waals surface area contributed by atoms with Gasteiger partial charge in [0.1, 0.15) is 11.6 Å². The van der Waals surface area contributed by atoms with Crippen LogP contribution in [0, 0.1) is 13.8 Å². The second-order valence-electron chi connectivity index (χ2n) is 27.9. The van der Waals surface area contributed by atoms with E-state index in [1.807, 2.05) is 60.7 Å². The normalized spacial score (nSPS) is 12.5. The minimum atomic E-state index is -0.986. The van der Waals surface area contributed by atoms with Gasteiger partial charge in [-0.15, -0.1) is 20.4 Å². The molecular formula is C97H62N8O2. The van der Waals surface area contributed by atoms with Gasteiger partial charge in [0.2, 0.25) is 23.6 Å². The second-order valence-corrected chi connectivity index (χ2v) is 27.9. The molecule has 0 saturated heterocycles. The molecule has 20 aromatic rings. The minimum Gasteiger partial charge on any atom is -0.416 e. The van der Waals surface area contributed by atoms with Gasteiger partial charge in [-0.1, -0.05) is 266 Å². The summed E-state index contributed by atoms with van der Waals surface area (Å²) in [4.78, 5) is 11.1. The first-order valence-corrected chi connectivity index (χ1v) is 36.1. The zero-order valence-corrected chi connectivity index (χ0v) is 58.2. The number of nitrogens with zero attached hydrogens (tertiary/aromatic N) is 8. The van der Waals surface area contributed by atoms with Crippen molar-refractivity contribution in [1.29, 1.82) is 0 Å². The van der Waals surface area contributed by atoms with Crippen LogP contribution in [-0.4, -0.2) is 39.5 Å². The van der Waals surface area contributed by atoms with Crippen molar-refractivity contribution in [3.63, 3.8) is 0 Å². The van der Waals surface area contributed by atoms with Crippen LogP contribution in [0.15, 0.2) is 349 Å². The Morgan fingerprint density at radius 1 is 0.262 bits per heavy atom. The van der Waals surface area contributed by atoms with Gasteiger partial charge in [0.05, 0.1) is 38.6 Å². The van der Waals surface area contributed by atoms with Crippen molar-refractivity contribution in [2.24, 2.45) is 0 Å². The predicted octanol–water partition coefficient (Wildman–Crippen LogP) is 24.1. The van der Waals surface area contributed by atoms with Crippen LogP contribution < -0.4 is 0 Å². The fourth-order valence-electron chi connectivity index (χ4n) is 17.0. The zero-order chi connectivity index (χ0) is 70.8. The topological polar surface area (TPSA) is 113 Å². The highest BCUT2D eigenvalue weighted by molar-refractivity contribution is 6.22. The number of hydrogen-bond acceptors (Lipinski definition) is 8. The molecule has 16 aromatic carbocycles. The maximum absolute atomic E-state index is 6.67. The first-order chi connectivity index (χ1) is 52.9. The van der Waals surface area contributed by atoms with Gasteiger partial charge in [0.15, 0.2) is 0 Å². The number of rotatable bonds is 12. The van der Waals surface area contributed by atoms with Crippen molar-refractivity contribution in [2.45, 2.75) is 19.3 Å². The van der Waals surface area contributed by atoms with E-state index < -0.39 is 5.41 Å². The average Bonchev–Trinajstić information content (AvgIpc) is 1.55. The summed E-state index contributed by atoms with van der Waals surface area (Å²) in [5.41, 5.74) is 23.7. The monoisotopic (exact) mass is 1370 g/mol. The van der Waals surface area contributed by atoms with E-state index in [1.54, 1.807) is 0 Å². The smallest absolute Gasteiger partial charge is 0.249 e. The molecule has 10 heteroatoms. The summed E-state index contributed by atoms with van der Waals surface area (Å²) < 4.78 is 18.0. The van der Waals surface area contributed by atoms with Gasteiger partial charge < -0.3 is 8.83 Å². The van der Waals surface area contributed by atoms with Crippen LogP contribution >= 0.6 is 0 Å². The lowest BCUT2D eigenvalue weighted by atomic mass is 9.67. The summed E-state index contributed by atoms with van der Waals surface area (Å²) >= 11 is 0. The number of aromatic nitrogens is 8.